The maximum Gasteiger partial charge on any atom is 0.263 e. The first-order chi connectivity index (χ1) is 10.6. The molecule has 0 aliphatic carbocycles. The molecule has 3 heterocycles. The number of aromatic amines is 1. The van der Waals surface area contributed by atoms with E-state index in [1.165, 1.54) is 16.7 Å². The van der Waals surface area contributed by atoms with Crippen molar-refractivity contribution >= 4 is 27.3 Å². The molecule has 0 saturated carbocycles. The number of nitrogens with zero attached hydrogens (tertiary/aromatic N) is 3. The van der Waals surface area contributed by atoms with Gasteiger partial charge in [-0.05, 0) is 24.3 Å². The molecule has 0 unspecified atom stereocenters. The third-order valence-corrected chi connectivity index (χ3v) is 6.38. The van der Waals surface area contributed by atoms with Crippen molar-refractivity contribution in [3.05, 3.63) is 28.5 Å². The van der Waals surface area contributed by atoms with E-state index < -0.39 is 15.9 Å². The van der Waals surface area contributed by atoms with Gasteiger partial charge < -0.3 is 5.32 Å². The van der Waals surface area contributed by atoms with Crippen LogP contribution in [0.1, 0.15) is 28.3 Å². The van der Waals surface area contributed by atoms with Crippen molar-refractivity contribution < 1.29 is 13.2 Å². The van der Waals surface area contributed by atoms with Gasteiger partial charge >= 0.3 is 0 Å². The van der Waals surface area contributed by atoms with Gasteiger partial charge in [0.15, 0.2) is 0 Å². The maximum absolute atomic E-state index is 12.6. The highest BCUT2D eigenvalue weighted by Gasteiger charge is 2.31. The van der Waals surface area contributed by atoms with Crippen LogP contribution >= 0.6 is 11.3 Å². The number of carbonyl (C=O) groups is 1. The van der Waals surface area contributed by atoms with Crippen LogP contribution in [-0.4, -0.2) is 46.9 Å². The van der Waals surface area contributed by atoms with Gasteiger partial charge in [-0.1, -0.05) is 0 Å². The third-order valence-electron chi connectivity index (χ3n) is 3.40. The normalized spacial score (nSPS) is 16.0. The monoisotopic (exact) mass is 341 g/mol. The fourth-order valence-corrected chi connectivity index (χ4v) is 5.13. The molecule has 1 aliphatic rings. The Morgan fingerprint density at radius 2 is 2.18 bits per heavy atom. The SMILES string of the molecule is O=C(NCc1ncn[nH]1)c1sccc1S(=O)(=O)N1CCCC1. The van der Waals surface area contributed by atoms with Crippen molar-refractivity contribution in [3.8, 4) is 0 Å². The summed E-state index contributed by atoms with van der Waals surface area (Å²) in [6, 6.07) is 1.49. The summed E-state index contributed by atoms with van der Waals surface area (Å²) in [7, 11) is -3.60. The number of nitrogens with one attached hydrogen (secondary N) is 2. The molecule has 118 valence electrons. The van der Waals surface area contributed by atoms with E-state index in [1.54, 1.807) is 5.38 Å². The number of rotatable bonds is 5. The van der Waals surface area contributed by atoms with E-state index in [1.807, 2.05) is 0 Å². The summed E-state index contributed by atoms with van der Waals surface area (Å²) in [5.41, 5.74) is 0. The number of amides is 1. The van der Waals surface area contributed by atoms with Gasteiger partial charge in [0.05, 0.1) is 6.54 Å². The molecule has 0 bridgehead atoms. The van der Waals surface area contributed by atoms with Crippen molar-refractivity contribution in [1.82, 2.24) is 24.8 Å². The summed E-state index contributed by atoms with van der Waals surface area (Å²) in [6.07, 6.45) is 3.06. The van der Waals surface area contributed by atoms with E-state index in [0.29, 0.717) is 18.9 Å². The van der Waals surface area contributed by atoms with Crippen LogP contribution in [-0.2, 0) is 16.6 Å². The van der Waals surface area contributed by atoms with Gasteiger partial charge in [0, 0.05) is 13.1 Å². The number of hydrogen-bond acceptors (Lipinski definition) is 6. The van der Waals surface area contributed by atoms with E-state index in [4.69, 9.17) is 0 Å². The summed E-state index contributed by atoms with van der Waals surface area (Å²) in [4.78, 5) is 16.4. The lowest BCUT2D eigenvalue weighted by atomic mass is 10.4. The molecule has 2 N–H and O–H groups in total. The number of H-pyrrole nitrogens is 1. The topological polar surface area (TPSA) is 108 Å². The maximum atomic E-state index is 12.6. The minimum absolute atomic E-state index is 0.0782. The highest BCUT2D eigenvalue weighted by Crippen LogP contribution is 2.27. The number of thiophene rings is 1. The third kappa shape index (κ3) is 2.89. The molecule has 22 heavy (non-hydrogen) atoms. The summed E-state index contributed by atoms with van der Waals surface area (Å²) in [5.74, 6) is 0.0815. The van der Waals surface area contributed by atoms with Gasteiger partial charge in [0.1, 0.15) is 21.9 Å². The van der Waals surface area contributed by atoms with Gasteiger partial charge in [0.25, 0.3) is 5.91 Å². The van der Waals surface area contributed by atoms with Crippen LogP contribution in [0, 0.1) is 0 Å². The van der Waals surface area contributed by atoms with Crippen LogP contribution in [0.3, 0.4) is 0 Å². The molecule has 1 amide bonds. The van der Waals surface area contributed by atoms with Crippen molar-refractivity contribution in [2.24, 2.45) is 0 Å². The van der Waals surface area contributed by atoms with Crippen LogP contribution < -0.4 is 5.32 Å². The number of carbonyl (C=O) groups excluding carboxylic acids is 1. The zero-order chi connectivity index (χ0) is 15.6. The number of sulfonamides is 1. The minimum Gasteiger partial charge on any atom is -0.344 e. The lowest BCUT2D eigenvalue weighted by Gasteiger charge is -2.15. The van der Waals surface area contributed by atoms with Crippen LogP contribution in [0.25, 0.3) is 0 Å². The van der Waals surface area contributed by atoms with E-state index in [9.17, 15) is 13.2 Å². The molecule has 0 aromatic carbocycles. The van der Waals surface area contributed by atoms with E-state index >= 15 is 0 Å². The summed E-state index contributed by atoms with van der Waals surface area (Å²) >= 11 is 1.12. The highest BCUT2D eigenvalue weighted by atomic mass is 32.2. The number of hydrogen-bond donors (Lipinski definition) is 2. The van der Waals surface area contributed by atoms with Crippen molar-refractivity contribution in [1.29, 1.82) is 0 Å². The first-order valence-corrected chi connectivity index (χ1v) is 9.11. The molecule has 0 radical (unpaired) electrons. The molecular weight excluding hydrogens is 326 g/mol. The Morgan fingerprint density at radius 1 is 1.41 bits per heavy atom. The van der Waals surface area contributed by atoms with E-state index in [0.717, 1.165) is 24.2 Å². The van der Waals surface area contributed by atoms with Gasteiger partial charge in [-0.15, -0.1) is 11.3 Å². The Labute approximate surface area is 131 Å². The molecule has 1 saturated heterocycles. The second-order valence-electron chi connectivity index (χ2n) is 4.84. The van der Waals surface area contributed by atoms with Crippen LogP contribution in [0.5, 0.6) is 0 Å². The number of aromatic nitrogens is 3. The first-order valence-electron chi connectivity index (χ1n) is 6.79. The largest absolute Gasteiger partial charge is 0.344 e. The van der Waals surface area contributed by atoms with Gasteiger partial charge in [-0.3, -0.25) is 9.89 Å². The molecular formula is C12H15N5O3S2. The molecule has 1 fully saturated rings. The lowest BCUT2D eigenvalue weighted by Crippen LogP contribution is -2.30. The molecule has 2 aromatic heterocycles. The fourth-order valence-electron chi connectivity index (χ4n) is 2.29. The molecule has 10 heteroatoms. The summed E-state index contributed by atoms with van der Waals surface area (Å²) in [6.45, 7) is 1.19. The second kappa shape index (κ2) is 6.15. The van der Waals surface area contributed by atoms with E-state index in [2.05, 4.69) is 20.5 Å². The van der Waals surface area contributed by atoms with Crippen molar-refractivity contribution in [2.45, 2.75) is 24.3 Å². The second-order valence-corrected chi connectivity index (χ2v) is 7.66. The smallest absolute Gasteiger partial charge is 0.263 e. The molecule has 3 rings (SSSR count). The Morgan fingerprint density at radius 3 is 2.86 bits per heavy atom. The average molecular weight is 341 g/mol. The molecule has 1 aliphatic heterocycles. The zero-order valence-corrected chi connectivity index (χ0v) is 13.3. The van der Waals surface area contributed by atoms with Crippen LogP contribution in [0.4, 0.5) is 0 Å². The molecule has 8 nitrogen and oxygen atoms in total. The summed E-state index contributed by atoms with van der Waals surface area (Å²) in [5, 5.41) is 10.6. The Balaban J connectivity index is 1.78. The predicted octanol–water partition coefficient (Wildman–Crippen LogP) is 0.581. The van der Waals surface area contributed by atoms with Gasteiger partial charge in [-0.2, -0.15) is 9.40 Å². The van der Waals surface area contributed by atoms with Gasteiger partial charge in [-0.25, -0.2) is 13.4 Å². The summed E-state index contributed by atoms with van der Waals surface area (Å²) < 4.78 is 26.6. The average Bonchev–Trinajstić information content (AvgIpc) is 3.26. The van der Waals surface area contributed by atoms with E-state index in [-0.39, 0.29) is 16.3 Å². The predicted molar refractivity (Wildman–Crippen MR) is 79.9 cm³/mol. The lowest BCUT2D eigenvalue weighted by molar-refractivity contribution is 0.0951. The Kier molecular flexibility index (Phi) is 4.23. The molecule has 2 aromatic rings. The fraction of sp³-hybridized carbons (Fsp3) is 0.417. The first kappa shape index (κ1) is 15.1. The molecule has 0 atom stereocenters. The van der Waals surface area contributed by atoms with Crippen molar-refractivity contribution in [3.63, 3.8) is 0 Å². The van der Waals surface area contributed by atoms with Crippen LogP contribution in [0.2, 0.25) is 0 Å². The Hall–Kier alpha value is -1.78. The highest BCUT2D eigenvalue weighted by molar-refractivity contribution is 7.89. The van der Waals surface area contributed by atoms with Crippen molar-refractivity contribution in [2.75, 3.05) is 13.1 Å². The Bertz CT molecular complexity index is 748. The minimum atomic E-state index is -3.60. The quantitative estimate of drug-likeness (QED) is 0.827. The van der Waals surface area contributed by atoms with Crippen LogP contribution in [0.15, 0.2) is 22.7 Å². The van der Waals surface area contributed by atoms with Gasteiger partial charge in [0.2, 0.25) is 10.0 Å². The molecule has 0 spiro atoms. The standard InChI is InChI=1S/C12H15N5O3S2/c18-12(13-7-10-14-8-15-16-10)11-9(3-6-21-11)22(19,20)17-4-1-2-5-17/h3,6,8H,1-2,4-5,7H2,(H,13,18)(H,14,15,16). The zero-order valence-electron chi connectivity index (χ0n) is 11.7.